The fourth-order valence-corrected chi connectivity index (χ4v) is 2.03. The van der Waals surface area contributed by atoms with Crippen molar-refractivity contribution in [3.63, 3.8) is 0 Å². The number of nitrogens with zero attached hydrogens (tertiary/aromatic N) is 3. The number of hydrogen-bond acceptors (Lipinski definition) is 5. The molecule has 0 aliphatic heterocycles. The van der Waals surface area contributed by atoms with Gasteiger partial charge in [-0.05, 0) is 25.3 Å². The van der Waals surface area contributed by atoms with Crippen LogP contribution in [0.15, 0.2) is 29.2 Å². The fourth-order valence-electron chi connectivity index (χ4n) is 1.62. The van der Waals surface area contributed by atoms with Gasteiger partial charge in [-0.25, -0.2) is 15.0 Å². The van der Waals surface area contributed by atoms with E-state index in [2.05, 4.69) is 15.0 Å². The fraction of sp³-hybridized carbons (Fsp3) is 0.231. The summed E-state index contributed by atoms with van der Waals surface area (Å²) in [7, 11) is 0. The maximum absolute atomic E-state index is 10.7. The van der Waals surface area contributed by atoms with Crippen molar-refractivity contribution < 1.29 is 9.90 Å². The Hall–Kier alpha value is -1.95. The number of aliphatic carboxylic acids is 1. The summed E-state index contributed by atoms with van der Waals surface area (Å²) in [6, 6.07) is 7.81. The van der Waals surface area contributed by atoms with Crippen LogP contribution in [0, 0.1) is 6.92 Å². The van der Waals surface area contributed by atoms with Crippen LogP contribution in [0.3, 0.4) is 0 Å². The maximum atomic E-state index is 10.7. The zero-order valence-corrected chi connectivity index (χ0v) is 11.4. The molecule has 0 saturated carbocycles. The molecule has 0 spiro atoms. The van der Waals surface area contributed by atoms with E-state index in [1.165, 1.54) is 0 Å². The van der Waals surface area contributed by atoms with Gasteiger partial charge < -0.3 is 5.11 Å². The number of aryl methyl sites for hydroxylation is 1. The van der Waals surface area contributed by atoms with Gasteiger partial charge in [0.05, 0.1) is 0 Å². The first-order valence-electron chi connectivity index (χ1n) is 5.66. The molecule has 1 N–H and O–H groups in total. The number of aromatic nitrogens is 3. The van der Waals surface area contributed by atoms with Crippen LogP contribution < -0.4 is 0 Å². The molecule has 6 heteroatoms. The van der Waals surface area contributed by atoms with Gasteiger partial charge in [0.15, 0.2) is 5.82 Å². The van der Waals surface area contributed by atoms with E-state index < -0.39 is 5.97 Å². The number of carboxylic acid groups (broad SMARTS) is 1. The van der Waals surface area contributed by atoms with Crippen molar-refractivity contribution in [3.8, 4) is 11.4 Å². The zero-order valence-electron chi connectivity index (χ0n) is 10.6. The third-order valence-electron chi connectivity index (χ3n) is 2.45. The summed E-state index contributed by atoms with van der Waals surface area (Å²) in [5.74, 6) is 0.366. The average molecular weight is 275 g/mol. The van der Waals surface area contributed by atoms with Gasteiger partial charge in [-0.1, -0.05) is 12.1 Å². The van der Waals surface area contributed by atoms with E-state index in [4.69, 9.17) is 5.11 Å². The number of carboxylic acids is 1. The van der Waals surface area contributed by atoms with Crippen LogP contribution in [0.1, 0.15) is 11.6 Å². The van der Waals surface area contributed by atoms with E-state index in [-0.39, 0.29) is 12.2 Å². The summed E-state index contributed by atoms with van der Waals surface area (Å²) in [5, 5.41) is 8.78. The van der Waals surface area contributed by atoms with Crippen molar-refractivity contribution in [1.29, 1.82) is 0 Å². The Morgan fingerprint density at radius 3 is 2.47 bits per heavy atom. The zero-order chi connectivity index (χ0) is 13.8. The van der Waals surface area contributed by atoms with Gasteiger partial charge in [0.1, 0.15) is 18.1 Å². The summed E-state index contributed by atoms with van der Waals surface area (Å²) in [6.45, 7) is 1.73. The molecule has 0 bridgehead atoms. The molecule has 0 aliphatic rings. The minimum atomic E-state index is -0.950. The van der Waals surface area contributed by atoms with E-state index >= 15 is 0 Å². The molecule has 2 rings (SSSR count). The van der Waals surface area contributed by atoms with Crippen LogP contribution in [0.4, 0.5) is 0 Å². The number of rotatable bonds is 4. The van der Waals surface area contributed by atoms with Crippen molar-refractivity contribution in [2.75, 3.05) is 6.26 Å². The van der Waals surface area contributed by atoms with Crippen molar-refractivity contribution >= 4 is 17.7 Å². The number of hydrogen-bond donors (Lipinski definition) is 1. The third-order valence-corrected chi connectivity index (χ3v) is 3.19. The summed E-state index contributed by atoms with van der Waals surface area (Å²) in [6.07, 6.45) is 1.81. The Morgan fingerprint density at radius 1 is 1.21 bits per heavy atom. The first-order chi connectivity index (χ1) is 9.08. The molecule has 0 fully saturated rings. The lowest BCUT2D eigenvalue weighted by atomic mass is 10.2. The molecule has 0 radical (unpaired) electrons. The number of benzene rings is 1. The molecule has 1 aromatic carbocycles. The van der Waals surface area contributed by atoms with Gasteiger partial charge in [0.25, 0.3) is 0 Å². The van der Waals surface area contributed by atoms with E-state index in [0.29, 0.717) is 11.6 Å². The van der Waals surface area contributed by atoms with Crippen molar-refractivity contribution in [1.82, 2.24) is 15.0 Å². The topological polar surface area (TPSA) is 76.0 Å². The van der Waals surface area contributed by atoms with Gasteiger partial charge in [-0.2, -0.15) is 0 Å². The summed E-state index contributed by atoms with van der Waals surface area (Å²) in [4.78, 5) is 24.3. The molecule has 1 heterocycles. The molecule has 0 amide bonds. The van der Waals surface area contributed by atoms with Gasteiger partial charge in [0.2, 0.25) is 0 Å². The molecule has 0 saturated heterocycles. The minimum Gasteiger partial charge on any atom is -0.481 e. The molecule has 5 nitrogen and oxygen atoms in total. The summed E-state index contributed by atoms with van der Waals surface area (Å²) < 4.78 is 0. The van der Waals surface area contributed by atoms with Crippen molar-refractivity contribution in [2.45, 2.75) is 18.2 Å². The molecular weight excluding hydrogens is 262 g/mol. The molecule has 2 aromatic rings. The minimum absolute atomic E-state index is 0.195. The molecule has 0 atom stereocenters. The predicted octanol–water partition coefficient (Wildman–Crippen LogP) is 2.20. The van der Waals surface area contributed by atoms with E-state index in [0.717, 1.165) is 10.5 Å². The van der Waals surface area contributed by atoms with E-state index in [1.54, 1.807) is 18.7 Å². The number of thioether (sulfide) groups is 1. The van der Waals surface area contributed by atoms with Crippen LogP contribution >= 0.6 is 11.8 Å². The normalized spacial score (nSPS) is 10.4. The summed E-state index contributed by atoms with van der Waals surface area (Å²) >= 11 is 1.66. The monoisotopic (exact) mass is 275 g/mol. The first-order valence-corrected chi connectivity index (χ1v) is 6.88. The van der Waals surface area contributed by atoms with Crippen LogP contribution in [0.25, 0.3) is 11.4 Å². The Bertz CT molecular complexity index is 599. The predicted molar refractivity (Wildman–Crippen MR) is 73.1 cm³/mol. The number of carbonyl (C=O) groups is 1. The Balaban J connectivity index is 2.37. The van der Waals surface area contributed by atoms with Gasteiger partial charge in [-0.15, -0.1) is 11.8 Å². The van der Waals surface area contributed by atoms with E-state index in [1.807, 2.05) is 30.5 Å². The maximum Gasteiger partial charge on any atom is 0.311 e. The lowest BCUT2D eigenvalue weighted by Crippen LogP contribution is -2.08. The Morgan fingerprint density at radius 2 is 1.89 bits per heavy atom. The highest BCUT2D eigenvalue weighted by Gasteiger charge is 2.09. The van der Waals surface area contributed by atoms with Crippen LogP contribution in [0.5, 0.6) is 0 Å². The molecular formula is C13H13N3O2S. The second-order valence-corrected chi connectivity index (χ2v) is 4.80. The Kier molecular flexibility index (Phi) is 4.11. The molecule has 0 aliphatic carbocycles. The van der Waals surface area contributed by atoms with Crippen LogP contribution in [-0.4, -0.2) is 32.3 Å². The van der Waals surface area contributed by atoms with Crippen LogP contribution in [-0.2, 0) is 11.2 Å². The highest BCUT2D eigenvalue weighted by atomic mass is 32.2. The quantitative estimate of drug-likeness (QED) is 0.862. The molecule has 98 valence electrons. The molecule has 19 heavy (non-hydrogen) atoms. The Labute approximate surface area is 115 Å². The standard InChI is InChI=1S/C13H13N3O2S/c1-8-14-11(7-12(17)18)16-13(15-8)9-3-5-10(19-2)6-4-9/h3-6H,7H2,1-2H3,(H,17,18). The van der Waals surface area contributed by atoms with Crippen molar-refractivity contribution in [3.05, 3.63) is 35.9 Å². The largest absolute Gasteiger partial charge is 0.481 e. The lowest BCUT2D eigenvalue weighted by molar-refractivity contribution is -0.136. The highest BCUT2D eigenvalue weighted by molar-refractivity contribution is 7.98. The van der Waals surface area contributed by atoms with E-state index in [9.17, 15) is 4.79 Å². The SMILES string of the molecule is CSc1ccc(-c2nc(C)nc(CC(=O)O)n2)cc1. The molecule has 1 aromatic heterocycles. The summed E-state index contributed by atoms with van der Waals surface area (Å²) in [5.41, 5.74) is 0.856. The van der Waals surface area contributed by atoms with Gasteiger partial charge in [-0.3, -0.25) is 4.79 Å². The smallest absolute Gasteiger partial charge is 0.311 e. The lowest BCUT2D eigenvalue weighted by Gasteiger charge is -2.04. The first kappa shape index (κ1) is 13.5. The van der Waals surface area contributed by atoms with Gasteiger partial charge >= 0.3 is 5.97 Å². The average Bonchev–Trinajstić information content (AvgIpc) is 2.37. The highest BCUT2D eigenvalue weighted by Crippen LogP contribution is 2.20. The second-order valence-electron chi connectivity index (χ2n) is 3.92. The molecule has 0 unspecified atom stereocenters. The third kappa shape index (κ3) is 3.51. The van der Waals surface area contributed by atoms with Gasteiger partial charge in [0, 0.05) is 10.5 Å². The second kappa shape index (κ2) is 5.79. The van der Waals surface area contributed by atoms with Crippen molar-refractivity contribution in [2.24, 2.45) is 0 Å². The van der Waals surface area contributed by atoms with Crippen LogP contribution in [0.2, 0.25) is 0 Å².